The van der Waals surface area contributed by atoms with E-state index in [2.05, 4.69) is 21.7 Å². The molecule has 0 saturated carbocycles. The fourth-order valence-corrected chi connectivity index (χ4v) is 5.96. The number of carbonyl (C=O) groups excluding carboxylic acids is 2. The highest BCUT2D eigenvalue weighted by atomic mass is 16.5. The van der Waals surface area contributed by atoms with Crippen molar-refractivity contribution in [3.05, 3.63) is 82.8 Å². The summed E-state index contributed by atoms with van der Waals surface area (Å²) in [6, 6.07) is 13.5. The molecular weight excluding hydrogens is 512 g/mol. The van der Waals surface area contributed by atoms with E-state index in [1.165, 1.54) is 6.26 Å². The molecule has 40 heavy (non-hydrogen) atoms. The van der Waals surface area contributed by atoms with E-state index >= 15 is 0 Å². The van der Waals surface area contributed by atoms with E-state index < -0.39 is 23.7 Å². The van der Waals surface area contributed by atoms with Crippen LogP contribution >= 0.6 is 0 Å². The van der Waals surface area contributed by atoms with Gasteiger partial charge in [-0.3, -0.25) is 4.79 Å². The van der Waals surface area contributed by atoms with E-state index in [9.17, 15) is 9.59 Å². The van der Waals surface area contributed by atoms with E-state index in [1.807, 2.05) is 50.2 Å². The lowest BCUT2D eigenvalue weighted by atomic mass is 9.72. The number of hydrogen-bond acceptors (Lipinski definition) is 9. The summed E-state index contributed by atoms with van der Waals surface area (Å²) < 4.78 is 24.2. The lowest BCUT2D eigenvalue weighted by Gasteiger charge is -2.27. The number of oxazole rings is 2. The molecule has 0 aliphatic carbocycles. The van der Waals surface area contributed by atoms with Crippen LogP contribution in [0.1, 0.15) is 72.1 Å². The number of amides is 1. The normalized spacial score (nSPS) is 22.4. The Morgan fingerprint density at radius 2 is 1.98 bits per heavy atom. The summed E-state index contributed by atoms with van der Waals surface area (Å²) in [5.41, 5.74) is 3.19. The van der Waals surface area contributed by atoms with Crippen molar-refractivity contribution in [3.63, 3.8) is 0 Å². The van der Waals surface area contributed by atoms with Gasteiger partial charge < -0.3 is 28.9 Å². The molecule has 1 amide bonds. The van der Waals surface area contributed by atoms with Gasteiger partial charge in [-0.05, 0) is 42.5 Å². The number of para-hydroxylation sites is 1. The molecule has 1 spiro atoms. The number of rotatable bonds is 4. The maximum atomic E-state index is 13.0. The maximum absolute atomic E-state index is 13.0. The molecule has 0 fully saturated rings. The van der Waals surface area contributed by atoms with Crippen molar-refractivity contribution in [2.75, 3.05) is 11.9 Å². The Morgan fingerprint density at radius 1 is 1.12 bits per heavy atom. The minimum Gasteiger partial charge on any atom is -0.469 e. The summed E-state index contributed by atoms with van der Waals surface area (Å²) in [4.78, 5) is 34.8. The first kappa shape index (κ1) is 24.4. The summed E-state index contributed by atoms with van der Waals surface area (Å²) in [5.74, 6) is 0.884. The maximum Gasteiger partial charge on any atom is 0.360 e. The Bertz CT molecular complexity index is 1660. The van der Waals surface area contributed by atoms with Gasteiger partial charge in [0.05, 0.1) is 6.61 Å². The molecule has 7 rings (SSSR count). The van der Waals surface area contributed by atoms with E-state index in [-0.39, 0.29) is 30.0 Å². The fourth-order valence-electron chi connectivity index (χ4n) is 5.96. The molecule has 3 unspecified atom stereocenters. The summed E-state index contributed by atoms with van der Waals surface area (Å²) >= 11 is 0. The highest BCUT2D eigenvalue weighted by Gasteiger charge is 2.61. The van der Waals surface area contributed by atoms with Crippen LogP contribution in [0.5, 0.6) is 5.75 Å². The van der Waals surface area contributed by atoms with Gasteiger partial charge in [0.25, 0.3) is 0 Å². The third-order valence-electron chi connectivity index (χ3n) is 7.83. The van der Waals surface area contributed by atoms with Crippen LogP contribution in [0.4, 0.5) is 5.69 Å². The van der Waals surface area contributed by atoms with Gasteiger partial charge in [0.15, 0.2) is 23.4 Å². The zero-order chi connectivity index (χ0) is 27.6. The standard InChI is InChI=1S/C30H28N4O6/c1-4-37-28(36)20-14-38-26(31-20)24-25-30-17-7-5-6-8-19(17)32-29(30)39-21-11-9-16(13-18(21)30)10-12-22(35)33-23(15(2)3)27(34-24)40-25/h5-9,11,13-15,23,29,32H,4,10,12H2,1-3H3,(H,33,35). The molecule has 5 heterocycles. The van der Waals surface area contributed by atoms with Gasteiger partial charge in [-0.15, -0.1) is 0 Å². The first-order valence-electron chi connectivity index (χ1n) is 13.5. The molecular formula is C30H28N4O6. The third-order valence-corrected chi connectivity index (χ3v) is 7.83. The average molecular weight is 541 g/mol. The monoisotopic (exact) mass is 540 g/mol. The second-order valence-electron chi connectivity index (χ2n) is 10.6. The largest absolute Gasteiger partial charge is 0.469 e. The molecule has 3 atom stereocenters. The summed E-state index contributed by atoms with van der Waals surface area (Å²) in [6.07, 6.45) is 1.61. The number of hydrogen-bond donors (Lipinski definition) is 2. The number of anilines is 1. The molecule has 10 heteroatoms. The summed E-state index contributed by atoms with van der Waals surface area (Å²) in [5, 5.41) is 6.64. The zero-order valence-electron chi connectivity index (χ0n) is 22.3. The summed E-state index contributed by atoms with van der Waals surface area (Å²) in [7, 11) is 0. The van der Waals surface area contributed by atoms with Gasteiger partial charge in [-0.25, -0.2) is 14.8 Å². The number of esters is 1. The SMILES string of the molecule is CCOC(=O)c1coc(-c2nc3oc2C24c5ccccc5NC2Oc2ccc(cc24)CCC(=O)NC3C(C)C)n1. The average Bonchev–Trinajstić information content (AvgIpc) is 3.70. The smallest absolute Gasteiger partial charge is 0.360 e. The first-order chi connectivity index (χ1) is 19.4. The van der Waals surface area contributed by atoms with E-state index in [0.717, 1.165) is 22.4 Å². The Hall–Kier alpha value is -4.60. The minimum atomic E-state index is -0.939. The molecule has 3 aliphatic rings. The first-order valence-corrected chi connectivity index (χ1v) is 13.5. The highest BCUT2D eigenvalue weighted by Crippen LogP contribution is 2.59. The van der Waals surface area contributed by atoms with E-state index in [1.54, 1.807) is 6.92 Å². The van der Waals surface area contributed by atoms with Crippen LogP contribution in [0.2, 0.25) is 0 Å². The van der Waals surface area contributed by atoms with E-state index in [4.69, 9.17) is 23.3 Å². The topological polar surface area (TPSA) is 129 Å². The van der Waals surface area contributed by atoms with Crippen LogP contribution < -0.4 is 15.4 Å². The molecule has 10 nitrogen and oxygen atoms in total. The van der Waals surface area contributed by atoms with Crippen molar-refractivity contribution in [3.8, 4) is 17.3 Å². The van der Waals surface area contributed by atoms with Crippen LogP contribution in [0, 0.1) is 5.92 Å². The minimum absolute atomic E-state index is 0.0265. The molecule has 4 bridgehead atoms. The number of nitrogens with one attached hydrogen (secondary N) is 2. The van der Waals surface area contributed by atoms with Crippen LogP contribution in [0.25, 0.3) is 11.6 Å². The van der Waals surface area contributed by atoms with E-state index in [0.29, 0.717) is 35.9 Å². The number of carbonyl (C=O) groups is 2. The quantitative estimate of drug-likeness (QED) is 0.353. The zero-order valence-corrected chi connectivity index (χ0v) is 22.3. The Kier molecular flexibility index (Phi) is 5.48. The molecule has 2 aromatic carbocycles. The number of nitrogens with zero attached hydrogens (tertiary/aromatic N) is 2. The molecule has 4 aromatic rings. The lowest BCUT2D eigenvalue weighted by molar-refractivity contribution is -0.122. The molecule has 204 valence electrons. The van der Waals surface area contributed by atoms with Crippen molar-refractivity contribution in [2.45, 2.75) is 51.3 Å². The molecule has 2 N–H and O–H groups in total. The third kappa shape index (κ3) is 3.48. The predicted molar refractivity (Wildman–Crippen MR) is 143 cm³/mol. The number of fused-ring (bicyclic) bond motifs is 4. The highest BCUT2D eigenvalue weighted by molar-refractivity contribution is 5.87. The van der Waals surface area contributed by atoms with Crippen molar-refractivity contribution in [1.82, 2.24) is 15.3 Å². The van der Waals surface area contributed by atoms with Gasteiger partial charge in [-0.1, -0.05) is 44.2 Å². The molecule has 3 aliphatic heterocycles. The molecule has 2 aromatic heterocycles. The Morgan fingerprint density at radius 3 is 2.80 bits per heavy atom. The van der Waals surface area contributed by atoms with Crippen molar-refractivity contribution >= 4 is 17.6 Å². The Labute approximate surface area is 230 Å². The van der Waals surface area contributed by atoms with Gasteiger partial charge in [0.1, 0.15) is 23.5 Å². The summed E-state index contributed by atoms with van der Waals surface area (Å²) in [6.45, 7) is 5.93. The molecule has 0 radical (unpaired) electrons. The number of aromatic nitrogens is 2. The van der Waals surface area contributed by atoms with Crippen LogP contribution in [-0.2, 0) is 21.4 Å². The van der Waals surface area contributed by atoms with Gasteiger partial charge in [0, 0.05) is 17.7 Å². The lowest BCUT2D eigenvalue weighted by Crippen LogP contribution is -2.40. The Balaban J connectivity index is 1.53. The number of benzene rings is 2. The predicted octanol–water partition coefficient (Wildman–Crippen LogP) is 4.74. The second-order valence-corrected chi connectivity index (χ2v) is 10.6. The second kappa shape index (κ2) is 8.97. The fraction of sp³-hybridized carbons (Fsp3) is 0.333. The number of ether oxygens (including phenoxy) is 2. The van der Waals surface area contributed by atoms with Crippen molar-refractivity contribution in [1.29, 1.82) is 0 Å². The van der Waals surface area contributed by atoms with Gasteiger partial charge in [-0.2, -0.15) is 0 Å². The van der Waals surface area contributed by atoms with Crippen LogP contribution in [0.15, 0.2) is 57.6 Å². The van der Waals surface area contributed by atoms with Crippen LogP contribution in [0.3, 0.4) is 0 Å². The molecule has 0 saturated heterocycles. The van der Waals surface area contributed by atoms with Gasteiger partial charge in [0.2, 0.25) is 17.7 Å². The van der Waals surface area contributed by atoms with Crippen LogP contribution in [-0.4, -0.2) is 34.7 Å². The van der Waals surface area contributed by atoms with Gasteiger partial charge >= 0.3 is 5.97 Å². The van der Waals surface area contributed by atoms with Crippen molar-refractivity contribution in [2.24, 2.45) is 5.92 Å². The number of aryl methyl sites for hydroxylation is 1. The van der Waals surface area contributed by atoms with Crippen molar-refractivity contribution < 1.29 is 27.9 Å².